The van der Waals surface area contributed by atoms with E-state index in [0.717, 1.165) is 29.9 Å². The predicted molar refractivity (Wildman–Crippen MR) is 125 cm³/mol. The van der Waals surface area contributed by atoms with Crippen molar-refractivity contribution in [3.63, 3.8) is 0 Å². The number of hydrogen-bond donors (Lipinski definition) is 2. The molecule has 3 rings (SSSR count). The van der Waals surface area contributed by atoms with Crippen molar-refractivity contribution in [3.05, 3.63) is 52.5 Å². The first-order valence-corrected chi connectivity index (χ1v) is 11.2. The molecule has 0 aromatic heterocycles. The highest BCUT2D eigenvalue weighted by Gasteiger charge is 2.22. The Hall–Kier alpha value is -2.28. The van der Waals surface area contributed by atoms with Gasteiger partial charge in [-0.05, 0) is 62.7 Å². The Morgan fingerprint density at radius 2 is 2.03 bits per heavy atom. The smallest absolute Gasteiger partial charge is 0.262 e. The summed E-state index contributed by atoms with van der Waals surface area (Å²) in [6.45, 7) is 7.97. The standard InChI is InChI=1S/C24H32ClN3O3/c1-4-28-11-5-6-20(28)15-26-14-18-12-21(25)24(22(13-18)30-3)31-16-23(29)27-19-9-7-17(2)8-10-19/h7-10,12-13,20,26H,4-6,11,14-16H2,1-3H3,(H,27,29)/t20-/m1/s1. The van der Waals surface area contributed by atoms with E-state index in [1.165, 1.54) is 19.4 Å². The molecule has 168 valence electrons. The van der Waals surface area contributed by atoms with Gasteiger partial charge >= 0.3 is 0 Å². The maximum atomic E-state index is 12.2. The fourth-order valence-corrected chi connectivity index (χ4v) is 4.20. The number of likely N-dealkylation sites (N-methyl/N-ethyl adjacent to an activating group) is 1. The molecular formula is C24H32ClN3O3. The number of likely N-dealkylation sites (tertiary alicyclic amines) is 1. The number of methoxy groups -OCH3 is 1. The fourth-order valence-electron chi connectivity index (χ4n) is 3.91. The number of benzene rings is 2. The van der Waals surface area contributed by atoms with E-state index in [9.17, 15) is 4.79 Å². The second-order valence-corrected chi connectivity index (χ2v) is 8.27. The van der Waals surface area contributed by atoms with Gasteiger partial charge in [-0.25, -0.2) is 0 Å². The molecule has 1 amide bonds. The Morgan fingerprint density at radius 1 is 1.26 bits per heavy atom. The number of nitrogens with zero attached hydrogens (tertiary/aromatic N) is 1. The lowest BCUT2D eigenvalue weighted by molar-refractivity contribution is -0.118. The first-order chi connectivity index (χ1) is 15.0. The lowest BCUT2D eigenvalue weighted by atomic mass is 10.1. The van der Waals surface area contributed by atoms with E-state index in [1.807, 2.05) is 43.3 Å². The van der Waals surface area contributed by atoms with Crippen molar-refractivity contribution in [2.24, 2.45) is 0 Å². The number of nitrogens with one attached hydrogen (secondary N) is 2. The number of aryl methyl sites for hydroxylation is 1. The van der Waals surface area contributed by atoms with Crippen molar-refractivity contribution in [2.75, 3.05) is 38.7 Å². The van der Waals surface area contributed by atoms with Gasteiger partial charge in [0.2, 0.25) is 0 Å². The molecule has 1 heterocycles. The second-order valence-electron chi connectivity index (χ2n) is 7.87. The third kappa shape index (κ3) is 6.60. The van der Waals surface area contributed by atoms with Crippen LogP contribution in [0.5, 0.6) is 11.5 Å². The van der Waals surface area contributed by atoms with Gasteiger partial charge in [0.05, 0.1) is 12.1 Å². The van der Waals surface area contributed by atoms with Crippen molar-refractivity contribution in [1.29, 1.82) is 0 Å². The van der Waals surface area contributed by atoms with Crippen molar-refractivity contribution in [2.45, 2.75) is 39.3 Å². The Bertz CT molecular complexity index is 873. The van der Waals surface area contributed by atoms with Crippen LogP contribution >= 0.6 is 11.6 Å². The van der Waals surface area contributed by atoms with Crippen LogP contribution in [0.2, 0.25) is 5.02 Å². The third-order valence-corrected chi connectivity index (χ3v) is 5.87. The first kappa shape index (κ1) is 23.4. The van der Waals surface area contributed by atoms with Crippen LogP contribution in [0.1, 0.15) is 30.9 Å². The highest BCUT2D eigenvalue weighted by Crippen LogP contribution is 2.36. The van der Waals surface area contributed by atoms with Gasteiger partial charge in [-0.3, -0.25) is 9.69 Å². The zero-order valence-electron chi connectivity index (χ0n) is 18.5. The maximum absolute atomic E-state index is 12.2. The largest absolute Gasteiger partial charge is 0.493 e. The van der Waals surface area contributed by atoms with Crippen LogP contribution in [0, 0.1) is 6.92 Å². The monoisotopic (exact) mass is 445 g/mol. The Labute approximate surface area is 189 Å². The van der Waals surface area contributed by atoms with E-state index in [4.69, 9.17) is 21.1 Å². The number of carbonyl (C=O) groups is 1. The molecule has 0 bridgehead atoms. The minimum atomic E-state index is -0.259. The molecule has 0 unspecified atom stereocenters. The number of halogens is 1. The molecule has 0 aliphatic carbocycles. The van der Waals surface area contributed by atoms with Crippen molar-refractivity contribution in [3.8, 4) is 11.5 Å². The normalized spacial score (nSPS) is 16.3. The van der Waals surface area contributed by atoms with Gasteiger partial charge in [-0.15, -0.1) is 0 Å². The first-order valence-electron chi connectivity index (χ1n) is 10.8. The number of hydrogen-bond acceptors (Lipinski definition) is 5. The molecule has 1 saturated heterocycles. The molecule has 0 radical (unpaired) electrons. The zero-order valence-corrected chi connectivity index (χ0v) is 19.3. The number of rotatable bonds is 10. The van der Waals surface area contributed by atoms with Crippen LogP contribution in [0.15, 0.2) is 36.4 Å². The number of amides is 1. The van der Waals surface area contributed by atoms with Crippen molar-refractivity contribution in [1.82, 2.24) is 10.2 Å². The molecule has 6 nitrogen and oxygen atoms in total. The summed E-state index contributed by atoms with van der Waals surface area (Å²) in [5.41, 5.74) is 2.87. The minimum Gasteiger partial charge on any atom is -0.493 e. The second kappa shape index (κ2) is 11.4. The summed E-state index contributed by atoms with van der Waals surface area (Å²) < 4.78 is 11.2. The quantitative estimate of drug-likeness (QED) is 0.572. The number of ether oxygens (including phenoxy) is 2. The van der Waals surface area contributed by atoms with Gasteiger partial charge in [0.15, 0.2) is 18.1 Å². The van der Waals surface area contributed by atoms with Gasteiger partial charge in [0.1, 0.15) is 0 Å². The van der Waals surface area contributed by atoms with E-state index < -0.39 is 0 Å². The Balaban J connectivity index is 1.54. The summed E-state index contributed by atoms with van der Waals surface area (Å²) in [5, 5.41) is 6.76. The fraction of sp³-hybridized carbons (Fsp3) is 0.458. The Morgan fingerprint density at radius 3 is 2.74 bits per heavy atom. The van der Waals surface area contributed by atoms with Gasteiger partial charge in [0.25, 0.3) is 5.91 Å². The third-order valence-electron chi connectivity index (χ3n) is 5.59. The molecule has 2 aromatic carbocycles. The molecule has 0 spiro atoms. The molecule has 1 aliphatic rings. The highest BCUT2D eigenvalue weighted by molar-refractivity contribution is 6.32. The summed E-state index contributed by atoms with van der Waals surface area (Å²) >= 11 is 6.45. The van der Waals surface area contributed by atoms with Gasteiger partial charge in [-0.2, -0.15) is 0 Å². The topological polar surface area (TPSA) is 62.8 Å². The SMILES string of the molecule is CCN1CCC[C@@H]1CNCc1cc(Cl)c(OCC(=O)Nc2ccc(C)cc2)c(OC)c1. The highest BCUT2D eigenvalue weighted by atomic mass is 35.5. The molecule has 1 atom stereocenters. The minimum absolute atomic E-state index is 0.157. The lowest BCUT2D eigenvalue weighted by Gasteiger charge is -2.23. The molecular weight excluding hydrogens is 414 g/mol. The number of anilines is 1. The molecule has 7 heteroatoms. The van der Waals surface area contributed by atoms with Crippen LogP contribution < -0.4 is 20.1 Å². The predicted octanol–water partition coefficient (Wildman–Crippen LogP) is 4.25. The van der Waals surface area contributed by atoms with Crippen molar-refractivity contribution >= 4 is 23.2 Å². The van der Waals surface area contributed by atoms with E-state index >= 15 is 0 Å². The molecule has 0 saturated carbocycles. The molecule has 1 aliphatic heterocycles. The average molecular weight is 446 g/mol. The maximum Gasteiger partial charge on any atom is 0.262 e. The van der Waals surface area contributed by atoms with Crippen LogP contribution in [0.25, 0.3) is 0 Å². The van der Waals surface area contributed by atoms with Gasteiger partial charge < -0.3 is 20.1 Å². The van der Waals surface area contributed by atoms with Crippen LogP contribution in [0.3, 0.4) is 0 Å². The molecule has 2 N–H and O–H groups in total. The summed E-state index contributed by atoms with van der Waals surface area (Å²) in [6, 6.07) is 11.9. The zero-order chi connectivity index (χ0) is 22.2. The van der Waals surface area contributed by atoms with Crippen LogP contribution in [-0.2, 0) is 11.3 Å². The molecule has 2 aromatic rings. The van der Waals surface area contributed by atoms with Gasteiger partial charge in [-0.1, -0.05) is 36.2 Å². The van der Waals surface area contributed by atoms with Crippen LogP contribution in [-0.4, -0.2) is 50.2 Å². The number of carbonyl (C=O) groups excluding carboxylic acids is 1. The summed E-state index contributed by atoms with van der Waals surface area (Å²) in [6.07, 6.45) is 2.51. The average Bonchev–Trinajstić information content (AvgIpc) is 3.21. The van der Waals surface area contributed by atoms with Crippen molar-refractivity contribution < 1.29 is 14.3 Å². The summed E-state index contributed by atoms with van der Waals surface area (Å²) in [4.78, 5) is 14.7. The molecule has 1 fully saturated rings. The van der Waals surface area contributed by atoms with E-state index in [2.05, 4.69) is 22.5 Å². The lowest BCUT2D eigenvalue weighted by Crippen LogP contribution is -2.37. The Kier molecular flexibility index (Phi) is 8.58. The van der Waals surface area contributed by atoms with E-state index in [-0.39, 0.29) is 12.5 Å². The summed E-state index contributed by atoms with van der Waals surface area (Å²) in [7, 11) is 1.57. The van der Waals surface area contributed by atoms with Crippen LogP contribution in [0.4, 0.5) is 5.69 Å². The van der Waals surface area contributed by atoms with Gasteiger partial charge in [0, 0.05) is 24.8 Å². The molecule has 31 heavy (non-hydrogen) atoms. The van der Waals surface area contributed by atoms with E-state index in [0.29, 0.717) is 29.1 Å². The van der Waals surface area contributed by atoms with E-state index in [1.54, 1.807) is 7.11 Å². The summed E-state index contributed by atoms with van der Waals surface area (Å²) in [5.74, 6) is 0.633.